The van der Waals surface area contributed by atoms with Crippen LogP contribution in [0.4, 0.5) is 0 Å². The van der Waals surface area contributed by atoms with Gasteiger partial charge in [0.1, 0.15) is 5.75 Å². The Morgan fingerprint density at radius 2 is 2.06 bits per heavy atom. The number of rotatable bonds is 5. The van der Waals surface area contributed by atoms with Crippen LogP contribution in [-0.4, -0.2) is 13.2 Å². The topological polar surface area (TPSA) is 35.2 Å². The molecule has 1 aromatic carbocycles. The van der Waals surface area contributed by atoms with E-state index in [1.165, 1.54) is 37.7 Å². The van der Waals surface area contributed by atoms with E-state index in [1.807, 2.05) is 13.0 Å². The molecule has 0 amide bonds. The van der Waals surface area contributed by atoms with Crippen LogP contribution >= 0.6 is 0 Å². The molecule has 0 heterocycles. The van der Waals surface area contributed by atoms with Crippen molar-refractivity contribution < 1.29 is 4.74 Å². The fourth-order valence-electron chi connectivity index (χ4n) is 3.14. The lowest BCUT2D eigenvalue weighted by Gasteiger charge is -2.30. The number of hydrogen-bond acceptors (Lipinski definition) is 2. The quantitative estimate of drug-likeness (QED) is 0.861. The normalized spacial score (nSPS) is 18.6. The highest BCUT2D eigenvalue weighted by Gasteiger charge is 2.24. The number of hydrogen-bond donors (Lipinski definition) is 1. The first-order chi connectivity index (χ1) is 8.85. The van der Waals surface area contributed by atoms with E-state index in [-0.39, 0.29) is 0 Å². The minimum Gasteiger partial charge on any atom is -0.494 e. The number of nitrogens with two attached hydrogens (primary N) is 1. The zero-order valence-corrected chi connectivity index (χ0v) is 11.4. The van der Waals surface area contributed by atoms with Crippen molar-refractivity contribution in [1.82, 2.24) is 0 Å². The monoisotopic (exact) mass is 247 g/mol. The summed E-state index contributed by atoms with van der Waals surface area (Å²) in [5, 5.41) is 0. The molecular formula is C16H25NO. The van der Waals surface area contributed by atoms with Crippen LogP contribution in [0.5, 0.6) is 5.75 Å². The van der Waals surface area contributed by atoms with Gasteiger partial charge in [0, 0.05) is 0 Å². The molecule has 1 unspecified atom stereocenters. The van der Waals surface area contributed by atoms with Crippen LogP contribution in [0.25, 0.3) is 0 Å². The Hall–Kier alpha value is -1.02. The average molecular weight is 247 g/mol. The fourth-order valence-corrected chi connectivity index (χ4v) is 3.14. The molecule has 0 aromatic heterocycles. The highest BCUT2D eigenvalue weighted by Crippen LogP contribution is 2.36. The van der Waals surface area contributed by atoms with Gasteiger partial charge in [-0.2, -0.15) is 0 Å². The molecule has 0 radical (unpaired) electrons. The van der Waals surface area contributed by atoms with Gasteiger partial charge in [0.2, 0.25) is 0 Å². The van der Waals surface area contributed by atoms with Crippen LogP contribution in [-0.2, 0) is 0 Å². The number of benzene rings is 1. The van der Waals surface area contributed by atoms with Gasteiger partial charge >= 0.3 is 0 Å². The lowest BCUT2D eigenvalue weighted by molar-refractivity contribution is 0.305. The van der Waals surface area contributed by atoms with Crippen LogP contribution in [0, 0.1) is 5.92 Å². The molecule has 0 saturated heterocycles. The standard InChI is InChI=1S/C16H25NO/c1-2-18-15-10-6-9-14(11-15)16(12-17)13-7-4-3-5-8-13/h6,9-11,13,16H,2-5,7-8,12,17H2,1H3. The van der Waals surface area contributed by atoms with Crippen molar-refractivity contribution >= 4 is 0 Å². The summed E-state index contributed by atoms with van der Waals surface area (Å²) in [6.07, 6.45) is 6.80. The maximum absolute atomic E-state index is 6.02. The lowest BCUT2D eigenvalue weighted by Crippen LogP contribution is -2.23. The van der Waals surface area contributed by atoms with Crippen molar-refractivity contribution in [3.05, 3.63) is 29.8 Å². The van der Waals surface area contributed by atoms with Gasteiger partial charge in [0.05, 0.1) is 6.61 Å². The highest BCUT2D eigenvalue weighted by atomic mass is 16.5. The predicted octanol–water partition coefficient (Wildman–Crippen LogP) is 3.71. The summed E-state index contributed by atoms with van der Waals surface area (Å²) in [5.41, 5.74) is 7.38. The molecule has 100 valence electrons. The van der Waals surface area contributed by atoms with Crippen molar-refractivity contribution in [3.8, 4) is 5.75 Å². The van der Waals surface area contributed by atoms with Gasteiger partial charge in [0.25, 0.3) is 0 Å². The van der Waals surface area contributed by atoms with Gasteiger partial charge < -0.3 is 10.5 Å². The molecule has 1 atom stereocenters. The Balaban J connectivity index is 2.12. The molecule has 1 aromatic rings. The summed E-state index contributed by atoms with van der Waals surface area (Å²) in [6, 6.07) is 8.50. The van der Waals surface area contributed by atoms with Crippen molar-refractivity contribution in [2.24, 2.45) is 11.7 Å². The summed E-state index contributed by atoms with van der Waals surface area (Å²) in [7, 11) is 0. The molecular weight excluding hydrogens is 222 g/mol. The van der Waals surface area contributed by atoms with Gasteiger partial charge in [-0.05, 0) is 55.8 Å². The van der Waals surface area contributed by atoms with E-state index in [4.69, 9.17) is 10.5 Å². The second-order valence-electron chi connectivity index (χ2n) is 5.25. The van der Waals surface area contributed by atoms with E-state index < -0.39 is 0 Å². The van der Waals surface area contributed by atoms with E-state index in [2.05, 4.69) is 18.2 Å². The van der Waals surface area contributed by atoms with Gasteiger partial charge in [-0.3, -0.25) is 0 Å². The van der Waals surface area contributed by atoms with E-state index >= 15 is 0 Å². The van der Waals surface area contributed by atoms with Crippen LogP contribution in [0.2, 0.25) is 0 Å². The SMILES string of the molecule is CCOc1cccc(C(CN)C2CCCCC2)c1. The first-order valence-electron chi connectivity index (χ1n) is 7.28. The second-order valence-corrected chi connectivity index (χ2v) is 5.25. The zero-order valence-electron chi connectivity index (χ0n) is 11.4. The molecule has 1 fully saturated rings. The van der Waals surface area contributed by atoms with Crippen LogP contribution < -0.4 is 10.5 Å². The summed E-state index contributed by atoms with van der Waals surface area (Å²) < 4.78 is 5.59. The zero-order chi connectivity index (χ0) is 12.8. The minimum absolute atomic E-state index is 0.505. The first kappa shape index (κ1) is 13.4. The molecule has 0 bridgehead atoms. The summed E-state index contributed by atoms with van der Waals surface area (Å²) >= 11 is 0. The summed E-state index contributed by atoms with van der Waals surface area (Å²) in [6.45, 7) is 3.49. The Kier molecular flexibility index (Phi) is 5.06. The molecule has 2 nitrogen and oxygen atoms in total. The Labute approximate surface area is 111 Å². The minimum atomic E-state index is 0.505. The average Bonchev–Trinajstić information content (AvgIpc) is 2.42. The smallest absolute Gasteiger partial charge is 0.119 e. The largest absolute Gasteiger partial charge is 0.494 e. The van der Waals surface area contributed by atoms with Crippen molar-refractivity contribution in [2.45, 2.75) is 44.9 Å². The van der Waals surface area contributed by atoms with Gasteiger partial charge in [-0.25, -0.2) is 0 Å². The molecule has 2 rings (SSSR count). The third-order valence-electron chi connectivity index (χ3n) is 4.07. The predicted molar refractivity (Wildman–Crippen MR) is 76.0 cm³/mol. The van der Waals surface area contributed by atoms with Crippen LogP contribution in [0.3, 0.4) is 0 Å². The van der Waals surface area contributed by atoms with E-state index in [1.54, 1.807) is 0 Å². The molecule has 2 N–H and O–H groups in total. The maximum Gasteiger partial charge on any atom is 0.119 e. The third-order valence-corrected chi connectivity index (χ3v) is 4.07. The summed E-state index contributed by atoms with van der Waals surface area (Å²) in [5.74, 6) is 2.25. The Morgan fingerprint density at radius 1 is 1.28 bits per heavy atom. The van der Waals surface area contributed by atoms with Crippen molar-refractivity contribution in [3.63, 3.8) is 0 Å². The van der Waals surface area contributed by atoms with Gasteiger partial charge in [0.15, 0.2) is 0 Å². The van der Waals surface area contributed by atoms with Gasteiger partial charge in [-0.15, -0.1) is 0 Å². The maximum atomic E-state index is 6.02. The van der Waals surface area contributed by atoms with E-state index in [9.17, 15) is 0 Å². The van der Waals surface area contributed by atoms with E-state index in [0.29, 0.717) is 5.92 Å². The number of ether oxygens (including phenoxy) is 1. The fraction of sp³-hybridized carbons (Fsp3) is 0.625. The molecule has 1 aliphatic rings. The lowest BCUT2D eigenvalue weighted by atomic mass is 9.77. The highest BCUT2D eigenvalue weighted by molar-refractivity contribution is 5.31. The molecule has 0 aliphatic heterocycles. The molecule has 18 heavy (non-hydrogen) atoms. The Morgan fingerprint density at radius 3 is 2.72 bits per heavy atom. The molecule has 0 spiro atoms. The molecule has 1 aliphatic carbocycles. The van der Waals surface area contributed by atoms with Crippen LogP contribution in [0.15, 0.2) is 24.3 Å². The molecule has 1 saturated carbocycles. The van der Waals surface area contributed by atoms with Gasteiger partial charge in [-0.1, -0.05) is 31.4 Å². The van der Waals surface area contributed by atoms with E-state index in [0.717, 1.165) is 24.8 Å². The van der Waals surface area contributed by atoms with Crippen LogP contribution in [0.1, 0.15) is 50.5 Å². The first-order valence-corrected chi connectivity index (χ1v) is 7.28. The van der Waals surface area contributed by atoms with Crippen molar-refractivity contribution in [1.29, 1.82) is 0 Å². The second kappa shape index (κ2) is 6.79. The Bertz CT molecular complexity index is 358. The third kappa shape index (κ3) is 3.26. The van der Waals surface area contributed by atoms with Crippen molar-refractivity contribution in [2.75, 3.05) is 13.2 Å². The molecule has 2 heteroatoms. The summed E-state index contributed by atoms with van der Waals surface area (Å²) in [4.78, 5) is 0.